The summed E-state index contributed by atoms with van der Waals surface area (Å²) in [5.74, 6) is 2.59. The molecule has 1 rings (SSSR count). The van der Waals surface area contributed by atoms with Crippen LogP contribution in [0, 0.1) is 18.2 Å². The summed E-state index contributed by atoms with van der Waals surface area (Å²) >= 11 is 0. The van der Waals surface area contributed by atoms with Gasteiger partial charge in [0, 0.05) is 13.1 Å². The van der Waals surface area contributed by atoms with E-state index in [2.05, 4.69) is 11.2 Å². The van der Waals surface area contributed by atoms with Crippen LogP contribution in [0.3, 0.4) is 0 Å². The van der Waals surface area contributed by atoms with Crippen LogP contribution in [0.15, 0.2) is 18.2 Å². The summed E-state index contributed by atoms with van der Waals surface area (Å²) in [6.07, 6.45) is 5.03. The van der Waals surface area contributed by atoms with Gasteiger partial charge in [-0.15, -0.1) is 6.42 Å². The Morgan fingerprint density at radius 3 is 3.00 bits per heavy atom. The highest BCUT2D eigenvalue weighted by atomic mass is 19.1. The molecule has 68 valence electrons. The fourth-order valence-corrected chi connectivity index (χ4v) is 0.943. The molecule has 0 saturated carbocycles. The fraction of sp³-hybridized carbons (Fsp3) is 0.200. The van der Waals surface area contributed by atoms with E-state index in [4.69, 9.17) is 11.2 Å². The van der Waals surface area contributed by atoms with Crippen LogP contribution in [0.5, 0.6) is 5.75 Å². The first kappa shape index (κ1) is 9.40. The standard InChI is InChI=1S/C10H10FNO/c1-3-6-13-10-5-4-8(11)7-9(10)12-2/h1,4-5,7,12H,6H2,2H3. The lowest BCUT2D eigenvalue weighted by Gasteiger charge is -2.08. The second-order valence-corrected chi connectivity index (χ2v) is 2.38. The first-order valence-electron chi connectivity index (χ1n) is 3.81. The Kier molecular flexibility index (Phi) is 3.15. The van der Waals surface area contributed by atoms with Gasteiger partial charge in [0.2, 0.25) is 0 Å². The van der Waals surface area contributed by atoms with Crippen molar-refractivity contribution in [1.29, 1.82) is 0 Å². The fourth-order valence-electron chi connectivity index (χ4n) is 0.943. The molecule has 0 aliphatic rings. The van der Waals surface area contributed by atoms with E-state index >= 15 is 0 Å². The highest BCUT2D eigenvalue weighted by Crippen LogP contribution is 2.24. The maximum Gasteiger partial charge on any atom is 0.148 e. The third-order valence-electron chi connectivity index (χ3n) is 1.52. The Hall–Kier alpha value is -1.69. The van der Waals surface area contributed by atoms with Gasteiger partial charge in [0.1, 0.15) is 18.2 Å². The molecule has 0 heterocycles. The van der Waals surface area contributed by atoms with Gasteiger partial charge in [0.25, 0.3) is 0 Å². The number of halogens is 1. The highest BCUT2D eigenvalue weighted by molar-refractivity contribution is 5.56. The molecule has 0 unspecified atom stereocenters. The molecule has 0 saturated heterocycles. The van der Waals surface area contributed by atoms with Crippen LogP contribution in [0.1, 0.15) is 0 Å². The Balaban J connectivity index is 2.87. The maximum atomic E-state index is 12.7. The van der Waals surface area contributed by atoms with Gasteiger partial charge in [0.15, 0.2) is 0 Å². The van der Waals surface area contributed by atoms with Crippen molar-refractivity contribution in [2.24, 2.45) is 0 Å². The van der Waals surface area contributed by atoms with Crippen LogP contribution in [0.2, 0.25) is 0 Å². The normalized spacial score (nSPS) is 9.00. The molecule has 3 heteroatoms. The molecule has 0 aliphatic carbocycles. The largest absolute Gasteiger partial charge is 0.479 e. The van der Waals surface area contributed by atoms with Crippen LogP contribution < -0.4 is 10.1 Å². The maximum absolute atomic E-state index is 12.7. The molecule has 0 bridgehead atoms. The third-order valence-corrected chi connectivity index (χ3v) is 1.52. The summed E-state index contributed by atoms with van der Waals surface area (Å²) in [4.78, 5) is 0. The summed E-state index contributed by atoms with van der Waals surface area (Å²) in [5.41, 5.74) is 0.593. The lowest BCUT2D eigenvalue weighted by Crippen LogP contribution is -1.98. The number of nitrogens with one attached hydrogen (secondary N) is 1. The minimum atomic E-state index is -0.308. The summed E-state index contributed by atoms with van der Waals surface area (Å²) in [6, 6.07) is 4.22. The van der Waals surface area contributed by atoms with Crippen molar-refractivity contribution in [3.8, 4) is 18.1 Å². The molecule has 0 amide bonds. The number of anilines is 1. The molecule has 0 radical (unpaired) electrons. The summed E-state index contributed by atoms with van der Waals surface area (Å²) in [5, 5.41) is 2.81. The van der Waals surface area contributed by atoms with Crippen LogP contribution in [0.4, 0.5) is 10.1 Å². The molecule has 1 aromatic carbocycles. The number of ether oxygens (including phenoxy) is 1. The lowest BCUT2D eigenvalue weighted by molar-refractivity contribution is 0.371. The number of hydrogen-bond donors (Lipinski definition) is 1. The number of rotatable bonds is 3. The van der Waals surface area contributed by atoms with E-state index in [1.54, 1.807) is 13.1 Å². The first-order chi connectivity index (χ1) is 6.27. The Labute approximate surface area is 76.7 Å². The number of benzene rings is 1. The van der Waals surface area contributed by atoms with Gasteiger partial charge < -0.3 is 10.1 Å². The SMILES string of the molecule is C#CCOc1ccc(F)cc1NC. The summed E-state index contributed by atoms with van der Waals surface area (Å²) in [6.45, 7) is 0.181. The van der Waals surface area contributed by atoms with Crippen molar-refractivity contribution >= 4 is 5.69 Å². The van der Waals surface area contributed by atoms with Crippen molar-refractivity contribution in [3.05, 3.63) is 24.0 Å². The molecule has 2 nitrogen and oxygen atoms in total. The van der Waals surface area contributed by atoms with Gasteiger partial charge >= 0.3 is 0 Å². The van der Waals surface area contributed by atoms with Crippen molar-refractivity contribution in [3.63, 3.8) is 0 Å². The smallest absolute Gasteiger partial charge is 0.148 e. The molecular formula is C10H10FNO. The highest BCUT2D eigenvalue weighted by Gasteiger charge is 2.02. The second-order valence-electron chi connectivity index (χ2n) is 2.38. The van der Waals surface area contributed by atoms with Gasteiger partial charge in [-0.05, 0) is 12.1 Å². The molecule has 0 atom stereocenters. The minimum Gasteiger partial charge on any atom is -0.479 e. The molecule has 13 heavy (non-hydrogen) atoms. The molecule has 0 aliphatic heterocycles. The van der Waals surface area contributed by atoms with E-state index in [9.17, 15) is 4.39 Å². The van der Waals surface area contributed by atoms with E-state index in [1.165, 1.54) is 12.1 Å². The van der Waals surface area contributed by atoms with Crippen LogP contribution in [-0.2, 0) is 0 Å². The van der Waals surface area contributed by atoms with Gasteiger partial charge in [-0.2, -0.15) is 0 Å². The van der Waals surface area contributed by atoms with Gasteiger partial charge in [-0.25, -0.2) is 4.39 Å². The minimum absolute atomic E-state index is 0.181. The predicted octanol–water partition coefficient (Wildman–Crippen LogP) is 1.88. The lowest BCUT2D eigenvalue weighted by atomic mass is 10.3. The molecule has 1 aromatic rings. The monoisotopic (exact) mass is 179 g/mol. The summed E-state index contributed by atoms with van der Waals surface area (Å²) in [7, 11) is 1.69. The van der Waals surface area contributed by atoms with E-state index in [0.717, 1.165) is 0 Å². The molecule has 0 fully saturated rings. The zero-order chi connectivity index (χ0) is 9.68. The van der Waals surface area contributed by atoms with Gasteiger partial charge in [0.05, 0.1) is 5.69 Å². The van der Waals surface area contributed by atoms with Crippen molar-refractivity contribution in [2.75, 3.05) is 19.0 Å². The quantitative estimate of drug-likeness (QED) is 0.715. The molecule has 0 spiro atoms. The number of hydrogen-bond acceptors (Lipinski definition) is 2. The first-order valence-corrected chi connectivity index (χ1v) is 3.81. The Bertz CT molecular complexity index is 330. The Morgan fingerprint density at radius 2 is 2.38 bits per heavy atom. The van der Waals surface area contributed by atoms with Crippen molar-refractivity contribution in [1.82, 2.24) is 0 Å². The molecular weight excluding hydrogens is 169 g/mol. The van der Waals surface area contributed by atoms with Gasteiger partial charge in [-0.3, -0.25) is 0 Å². The average Bonchev–Trinajstić information content (AvgIpc) is 2.16. The Morgan fingerprint density at radius 1 is 1.62 bits per heavy atom. The van der Waals surface area contributed by atoms with Crippen LogP contribution in [0.25, 0.3) is 0 Å². The van der Waals surface area contributed by atoms with E-state index in [0.29, 0.717) is 11.4 Å². The van der Waals surface area contributed by atoms with Crippen molar-refractivity contribution < 1.29 is 9.13 Å². The van der Waals surface area contributed by atoms with Gasteiger partial charge in [-0.1, -0.05) is 5.92 Å². The third kappa shape index (κ3) is 2.38. The molecule has 0 aromatic heterocycles. The van der Waals surface area contributed by atoms with E-state index in [1.807, 2.05) is 0 Å². The number of terminal acetylenes is 1. The second kappa shape index (κ2) is 4.36. The zero-order valence-electron chi connectivity index (χ0n) is 7.30. The average molecular weight is 179 g/mol. The van der Waals surface area contributed by atoms with E-state index in [-0.39, 0.29) is 12.4 Å². The van der Waals surface area contributed by atoms with Crippen LogP contribution >= 0.6 is 0 Å². The zero-order valence-corrected chi connectivity index (χ0v) is 7.30. The topological polar surface area (TPSA) is 21.3 Å². The van der Waals surface area contributed by atoms with Crippen molar-refractivity contribution in [2.45, 2.75) is 0 Å². The van der Waals surface area contributed by atoms with Crippen LogP contribution in [-0.4, -0.2) is 13.7 Å². The predicted molar refractivity (Wildman–Crippen MR) is 50.3 cm³/mol. The van der Waals surface area contributed by atoms with E-state index < -0.39 is 0 Å². The summed E-state index contributed by atoms with van der Waals surface area (Å²) < 4.78 is 17.9. The molecule has 1 N–H and O–H groups in total.